The Hall–Kier alpha value is -3.16. The molecule has 3 aromatic rings. The summed E-state index contributed by atoms with van der Waals surface area (Å²) in [5.74, 6) is 0. The van der Waals surface area contributed by atoms with Gasteiger partial charge in [0.05, 0.1) is 11.3 Å². The third kappa shape index (κ3) is 4.69. The van der Waals surface area contributed by atoms with Crippen LogP contribution in [0.15, 0.2) is 84.9 Å². The number of anilines is 1. The fraction of sp³-hybridized carbons (Fsp3) is 0.0909. The fourth-order valence-electron chi connectivity index (χ4n) is 2.69. The molecule has 128 valence electrons. The van der Waals surface area contributed by atoms with E-state index in [1.54, 1.807) is 6.07 Å². The van der Waals surface area contributed by atoms with Gasteiger partial charge in [-0.3, -0.25) is 0 Å². The van der Waals surface area contributed by atoms with Crippen molar-refractivity contribution in [2.24, 2.45) is 0 Å². The number of para-hydroxylation sites is 1. The van der Waals surface area contributed by atoms with Crippen LogP contribution in [0.4, 0.5) is 5.69 Å². The van der Waals surface area contributed by atoms with Crippen LogP contribution >= 0.6 is 12.2 Å². The normalized spacial score (nSPS) is 9.96. The molecule has 0 radical (unpaired) electrons. The maximum atomic E-state index is 9.29. The zero-order valence-electron chi connectivity index (χ0n) is 14.3. The Bertz CT molecular complexity index is 860. The molecule has 0 bridgehead atoms. The number of thiocarbonyl (C=S) groups is 1. The van der Waals surface area contributed by atoms with Crippen LogP contribution in [0, 0.1) is 11.3 Å². The van der Waals surface area contributed by atoms with Crippen LogP contribution in [-0.4, -0.2) is 10.0 Å². The monoisotopic (exact) mass is 357 g/mol. The Labute approximate surface area is 159 Å². The first-order valence-corrected chi connectivity index (χ1v) is 8.80. The molecule has 0 fully saturated rings. The number of nitrogens with zero attached hydrogens (tertiary/aromatic N) is 2. The van der Waals surface area contributed by atoms with Crippen LogP contribution in [0.5, 0.6) is 0 Å². The summed E-state index contributed by atoms with van der Waals surface area (Å²) in [5.41, 5.74) is 3.67. The fourth-order valence-corrected chi connectivity index (χ4v) is 2.93. The van der Waals surface area contributed by atoms with Crippen molar-refractivity contribution in [2.45, 2.75) is 13.1 Å². The molecule has 0 saturated heterocycles. The molecule has 26 heavy (non-hydrogen) atoms. The zero-order chi connectivity index (χ0) is 18.2. The molecule has 0 aliphatic carbocycles. The first kappa shape index (κ1) is 17.7. The SMILES string of the molecule is N#Cc1ccccc1NC(=S)N(Cc1ccccc1)Cc1ccccc1. The molecule has 0 aromatic heterocycles. The molecular formula is C22H19N3S. The zero-order valence-corrected chi connectivity index (χ0v) is 15.1. The summed E-state index contributed by atoms with van der Waals surface area (Å²) in [6.07, 6.45) is 0. The molecule has 3 rings (SSSR count). The number of rotatable bonds is 5. The van der Waals surface area contributed by atoms with Gasteiger partial charge < -0.3 is 10.2 Å². The van der Waals surface area contributed by atoms with Crippen molar-refractivity contribution in [1.29, 1.82) is 5.26 Å². The molecule has 0 spiro atoms. The average molecular weight is 357 g/mol. The number of hydrogen-bond acceptors (Lipinski definition) is 2. The minimum absolute atomic E-state index is 0.578. The van der Waals surface area contributed by atoms with Gasteiger partial charge in [-0.1, -0.05) is 72.8 Å². The highest BCUT2D eigenvalue weighted by molar-refractivity contribution is 7.80. The van der Waals surface area contributed by atoms with Gasteiger partial charge in [0.15, 0.2) is 5.11 Å². The van der Waals surface area contributed by atoms with Crippen LogP contribution < -0.4 is 5.32 Å². The van der Waals surface area contributed by atoms with Crippen LogP contribution in [0.25, 0.3) is 0 Å². The Kier molecular flexibility index (Phi) is 5.97. The minimum atomic E-state index is 0.578. The van der Waals surface area contributed by atoms with Crippen molar-refractivity contribution >= 4 is 23.0 Å². The van der Waals surface area contributed by atoms with Crippen molar-refractivity contribution in [3.05, 3.63) is 102 Å². The molecule has 3 nitrogen and oxygen atoms in total. The topological polar surface area (TPSA) is 39.1 Å². The standard InChI is InChI=1S/C22H19N3S/c23-15-20-13-7-8-14-21(20)24-22(26)25(16-18-9-3-1-4-10-18)17-19-11-5-2-6-12-19/h1-14H,16-17H2,(H,24,26). The Balaban J connectivity index is 1.82. The number of benzene rings is 3. The van der Waals surface area contributed by atoms with Crippen molar-refractivity contribution in [2.75, 3.05) is 5.32 Å². The molecule has 4 heteroatoms. The lowest BCUT2D eigenvalue weighted by Crippen LogP contribution is -2.34. The Morgan fingerprint density at radius 3 is 1.85 bits per heavy atom. The molecule has 0 atom stereocenters. The van der Waals surface area contributed by atoms with E-state index in [9.17, 15) is 5.26 Å². The number of nitriles is 1. The molecule has 0 aliphatic heterocycles. The van der Waals surface area contributed by atoms with Crippen molar-refractivity contribution < 1.29 is 0 Å². The Morgan fingerprint density at radius 1 is 0.808 bits per heavy atom. The first-order chi connectivity index (χ1) is 12.8. The van der Waals surface area contributed by atoms with E-state index in [0.717, 1.165) is 5.69 Å². The van der Waals surface area contributed by atoms with E-state index in [-0.39, 0.29) is 0 Å². The molecule has 0 aliphatic rings. The van der Waals surface area contributed by atoms with E-state index in [1.165, 1.54) is 11.1 Å². The van der Waals surface area contributed by atoms with Gasteiger partial charge in [-0.05, 0) is 35.5 Å². The van der Waals surface area contributed by atoms with Gasteiger partial charge in [0, 0.05) is 13.1 Å². The highest BCUT2D eigenvalue weighted by Gasteiger charge is 2.13. The third-order valence-electron chi connectivity index (χ3n) is 4.01. The van der Waals surface area contributed by atoms with E-state index in [1.807, 2.05) is 54.6 Å². The van der Waals surface area contributed by atoms with Crippen molar-refractivity contribution in [3.8, 4) is 6.07 Å². The predicted molar refractivity (Wildman–Crippen MR) is 110 cm³/mol. The van der Waals surface area contributed by atoms with Gasteiger partial charge in [-0.25, -0.2) is 0 Å². The second kappa shape index (κ2) is 8.80. The number of hydrogen-bond donors (Lipinski definition) is 1. The van der Waals surface area contributed by atoms with E-state index in [2.05, 4.69) is 40.6 Å². The minimum Gasteiger partial charge on any atom is -0.340 e. The molecule has 0 unspecified atom stereocenters. The van der Waals surface area contributed by atoms with Crippen molar-refractivity contribution in [1.82, 2.24) is 4.90 Å². The molecule has 1 N–H and O–H groups in total. The summed E-state index contributed by atoms with van der Waals surface area (Å²) in [6, 6.07) is 30.0. The summed E-state index contributed by atoms with van der Waals surface area (Å²) < 4.78 is 0. The molecule has 0 amide bonds. The van der Waals surface area contributed by atoms with Gasteiger partial charge in [0.25, 0.3) is 0 Å². The van der Waals surface area contributed by atoms with Gasteiger partial charge >= 0.3 is 0 Å². The van der Waals surface area contributed by atoms with Gasteiger partial charge in [0.1, 0.15) is 6.07 Å². The first-order valence-electron chi connectivity index (χ1n) is 8.39. The van der Waals surface area contributed by atoms with Crippen LogP contribution in [0.3, 0.4) is 0 Å². The van der Waals surface area contributed by atoms with Gasteiger partial charge in [-0.2, -0.15) is 5.26 Å². The van der Waals surface area contributed by atoms with Crippen LogP contribution in [0.1, 0.15) is 16.7 Å². The smallest absolute Gasteiger partial charge is 0.174 e. The van der Waals surface area contributed by atoms with E-state index in [0.29, 0.717) is 23.8 Å². The lowest BCUT2D eigenvalue weighted by molar-refractivity contribution is 0.413. The highest BCUT2D eigenvalue weighted by atomic mass is 32.1. The van der Waals surface area contributed by atoms with Crippen LogP contribution in [0.2, 0.25) is 0 Å². The predicted octanol–water partition coefficient (Wildman–Crippen LogP) is 4.96. The second-order valence-corrected chi connectivity index (χ2v) is 6.30. The van der Waals surface area contributed by atoms with E-state index < -0.39 is 0 Å². The molecule has 0 heterocycles. The van der Waals surface area contributed by atoms with Gasteiger partial charge in [0.2, 0.25) is 0 Å². The molecule has 3 aromatic carbocycles. The summed E-state index contributed by atoms with van der Waals surface area (Å²) in [6.45, 7) is 1.38. The maximum absolute atomic E-state index is 9.29. The van der Waals surface area contributed by atoms with Crippen LogP contribution in [-0.2, 0) is 13.1 Å². The lowest BCUT2D eigenvalue weighted by Gasteiger charge is -2.26. The molecular weight excluding hydrogens is 338 g/mol. The van der Waals surface area contributed by atoms with Gasteiger partial charge in [-0.15, -0.1) is 0 Å². The largest absolute Gasteiger partial charge is 0.340 e. The van der Waals surface area contributed by atoms with Crippen molar-refractivity contribution in [3.63, 3.8) is 0 Å². The molecule has 0 saturated carbocycles. The maximum Gasteiger partial charge on any atom is 0.174 e. The summed E-state index contributed by atoms with van der Waals surface area (Å²) >= 11 is 5.67. The average Bonchev–Trinajstić information content (AvgIpc) is 2.69. The summed E-state index contributed by atoms with van der Waals surface area (Å²) in [7, 11) is 0. The second-order valence-electron chi connectivity index (χ2n) is 5.91. The quantitative estimate of drug-likeness (QED) is 0.655. The number of nitrogens with one attached hydrogen (secondary N) is 1. The van der Waals surface area contributed by atoms with E-state index in [4.69, 9.17) is 12.2 Å². The lowest BCUT2D eigenvalue weighted by atomic mass is 10.1. The third-order valence-corrected chi connectivity index (χ3v) is 4.37. The summed E-state index contributed by atoms with van der Waals surface area (Å²) in [4.78, 5) is 2.11. The van der Waals surface area contributed by atoms with E-state index >= 15 is 0 Å². The summed E-state index contributed by atoms with van der Waals surface area (Å²) in [5, 5.41) is 13.1. The highest BCUT2D eigenvalue weighted by Crippen LogP contribution is 2.17. The Morgan fingerprint density at radius 2 is 1.31 bits per heavy atom.